The van der Waals surface area contributed by atoms with Crippen LogP contribution in [0.1, 0.15) is 38.8 Å². The largest absolute Gasteiger partial charge is 0.378 e. The van der Waals surface area contributed by atoms with Gasteiger partial charge in [-0.15, -0.1) is 0 Å². The zero-order valence-electron chi connectivity index (χ0n) is 17.6. The van der Waals surface area contributed by atoms with Gasteiger partial charge in [0.15, 0.2) is 0 Å². The molecule has 1 aromatic carbocycles. The van der Waals surface area contributed by atoms with Crippen LogP contribution in [0.3, 0.4) is 0 Å². The lowest BCUT2D eigenvalue weighted by molar-refractivity contribution is -0.184. The van der Waals surface area contributed by atoms with Gasteiger partial charge in [0.1, 0.15) is 5.82 Å². The quantitative estimate of drug-likeness (QED) is 0.777. The fraction of sp³-hybridized carbons (Fsp3) is 0.348. The zero-order chi connectivity index (χ0) is 20.5. The van der Waals surface area contributed by atoms with Crippen LogP contribution in [0.2, 0.25) is 0 Å². The smallest absolute Gasteiger partial charge is 0.130 e. The Labute approximate surface area is 168 Å². The molecule has 0 radical (unpaired) electrons. The van der Waals surface area contributed by atoms with Gasteiger partial charge in [-0.2, -0.15) is 5.06 Å². The highest BCUT2D eigenvalue weighted by atomic mass is 16.5. The minimum Gasteiger partial charge on any atom is -0.378 e. The number of benzene rings is 1. The second-order valence-corrected chi connectivity index (χ2v) is 8.50. The van der Waals surface area contributed by atoms with Crippen molar-refractivity contribution in [3.63, 3.8) is 0 Å². The molecule has 0 atom stereocenters. The zero-order valence-corrected chi connectivity index (χ0v) is 17.6. The second kappa shape index (κ2) is 7.41. The summed E-state index contributed by atoms with van der Waals surface area (Å²) in [5.74, 6) is 0.762. The molecule has 1 aliphatic heterocycles. The summed E-state index contributed by atoms with van der Waals surface area (Å²) in [5.41, 5.74) is 3.39. The van der Waals surface area contributed by atoms with Crippen molar-refractivity contribution in [1.82, 2.24) is 10.0 Å². The maximum Gasteiger partial charge on any atom is 0.130 e. The minimum absolute atomic E-state index is 0.420. The van der Waals surface area contributed by atoms with E-state index < -0.39 is 11.1 Å². The Hall–Kier alpha value is -2.63. The van der Waals surface area contributed by atoms with E-state index in [1.54, 1.807) is 0 Å². The van der Waals surface area contributed by atoms with Crippen molar-refractivity contribution in [1.29, 1.82) is 0 Å². The van der Waals surface area contributed by atoms with Crippen molar-refractivity contribution in [3.8, 4) is 0 Å². The van der Waals surface area contributed by atoms with Gasteiger partial charge >= 0.3 is 0 Å². The predicted molar refractivity (Wildman–Crippen MR) is 117 cm³/mol. The summed E-state index contributed by atoms with van der Waals surface area (Å²) in [6.45, 7) is 7.93. The summed E-state index contributed by atoms with van der Waals surface area (Å²) in [6.07, 6.45) is 8.02. The first kappa shape index (κ1) is 20.1. The molecule has 0 aliphatic carbocycles. The topological polar surface area (TPSA) is 51.6 Å². The Morgan fingerprint density at radius 2 is 1.57 bits per heavy atom. The third-order valence-corrected chi connectivity index (χ3v) is 5.16. The highest BCUT2D eigenvalue weighted by molar-refractivity contribution is 5.70. The van der Waals surface area contributed by atoms with Crippen LogP contribution in [0.4, 0.5) is 11.5 Å². The lowest BCUT2D eigenvalue weighted by Crippen LogP contribution is -2.48. The van der Waals surface area contributed by atoms with Crippen LogP contribution in [-0.4, -0.2) is 40.4 Å². The van der Waals surface area contributed by atoms with E-state index in [9.17, 15) is 5.21 Å². The average molecular weight is 379 g/mol. The maximum atomic E-state index is 10.4. The fourth-order valence-electron chi connectivity index (χ4n) is 3.41. The van der Waals surface area contributed by atoms with Crippen molar-refractivity contribution in [3.05, 3.63) is 65.5 Å². The summed E-state index contributed by atoms with van der Waals surface area (Å²) >= 11 is 0. The minimum atomic E-state index is -0.498. The Morgan fingerprint density at radius 3 is 2.07 bits per heavy atom. The van der Waals surface area contributed by atoms with Crippen LogP contribution >= 0.6 is 0 Å². The van der Waals surface area contributed by atoms with E-state index in [2.05, 4.69) is 51.6 Å². The Morgan fingerprint density at radius 1 is 0.964 bits per heavy atom. The third kappa shape index (κ3) is 4.11. The van der Waals surface area contributed by atoms with E-state index >= 15 is 0 Å². The van der Waals surface area contributed by atoms with E-state index in [4.69, 9.17) is 0 Å². The first-order valence-corrected chi connectivity index (χ1v) is 9.51. The van der Waals surface area contributed by atoms with Crippen LogP contribution < -0.4 is 10.2 Å². The highest BCUT2D eigenvalue weighted by Crippen LogP contribution is 2.38. The van der Waals surface area contributed by atoms with E-state index in [1.165, 1.54) is 10.8 Å². The maximum absolute atomic E-state index is 10.4. The number of hydrogen-bond acceptors (Lipinski definition) is 5. The van der Waals surface area contributed by atoms with E-state index in [1.807, 2.05) is 66.2 Å². The lowest BCUT2D eigenvalue weighted by atomic mass is 10.0. The molecule has 148 valence electrons. The van der Waals surface area contributed by atoms with Gasteiger partial charge < -0.3 is 15.4 Å². The SMILES string of the molecule is CN(C)c1ccc(/C=C/c2ccc(NC3=CC(C)(C)N(O)C3(C)C)nc2)cc1. The Kier molecular flexibility index (Phi) is 5.33. The first-order chi connectivity index (χ1) is 13.1. The Balaban J connectivity index is 1.69. The van der Waals surface area contributed by atoms with E-state index in [0.29, 0.717) is 0 Å². The van der Waals surface area contributed by atoms with Gasteiger partial charge in [-0.1, -0.05) is 24.3 Å². The van der Waals surface area contributed by atoms with Gasteiger partial charge in [0.05, 0.1) is 11.1 Å². The number of nitrogens with one attached hydrogen (secondary N) is 1. The molecule has 0 amide bonds. The van der Waals surface area contributed by atoms with Crippen molar-refractivity contribution in [2.75, 3.05) is 24.3 Å². The molecule has 5 nitrogen and oxygen atoms in total. The number of hydroxylamine groups is 2. The van der Waals surface area contributed by atoms with Crippen molar-refractivity contribution >= 4 is 23.7 Å². The standard InChI is InChI=1S/C23H30N4O/c1-22(2)15-20(23(3,4)27(22)28)25-21-14-11-18(16-24-21)8-7-17-9-12-19(13-10-17)26(5)6/h7-16,28H,1-6H3,(H,24,25)/b8-7+. The van der Waals surface area contributed by atoms with Crippen molar-refractivity contribution in [2.45, 2.75) is 38.8 Å². The Bertz CT molecular complexity index is 878. The summed E-state index contributed by atoms with van der Waals surface area (Å²) in [4.78, 5) is 6.60. The molecule has 1 aromatic heterocycles. The van der Waals surface area contributed by atoms with Gasteiger partial charge in [0.2, 0.25) is 0 Å². The molecule has 2 aromatic rings. The van der Waals surface area contributed by atoms with Crippen LogP contribution in [0, 0.1) is 0 Å². The van der Waals surface area contributed by atoms with Gasteiger partial charge in [0.25, 0.3) is 0 Å². The molecular formula is C23H30N4O. The molecular weight excluding hydrogens is 348 g/mol. The third-order valence-electron chi connectivity index (χ3n) is 5.16. The molecule has 0 saturated heterocycles. The first-order valence-electron chi connectivity index (χ1n) is 9.51. The molecule has 28 heavy (non-hydrogen) atoms. The van der Waals surface area contributed by atoms with Crippen molar-refractivity contribution < 1.29 is 5.21 Å². The van der Waals surface area contributed by atoms with E-state index in [0.717, 1.165) is 22.6 Å². The lowest BCUT2D eigenvalue weighted by Gasteiger charge is -2.36. The van der Waals surface area contributed by atoms with Crippen LogP contribution in [0.15, 0.2) is 54.4 Å². The number of rotatable bonds is 5. The van der Waals surface area contributed by atoms with Crippen LogP contribution in [0.25, 0.3) is 12.2 Å². The number of pyridine rings is 1. The van der Waals surface area contributed by atoms with Crippen molar-refractivity contribution in [2.24, 2.45) is 0 Å². The van der Waals surface area contributed by atoms with Gasteiger partial charge in [-0.05, 0) is 69.2 Å². The summed E-state index contributed by atoms with van der Waals surface area (Å²) in [6, 6.07) is 12.4. The summed E-state index contributed by atoms with van der Waals surface area (Å²) in [7, 11) is 4.07. The highest BCUT2D eigenvalue weighted by Gasteiger charge is 2.45. The summed E-state index contributed by atoms with van der Waals surface area (Å²) < 4.78 is 0. The number of nitrogens with zero attached hydrogens (tertiary/aromatic N) is 3. The molecule has 5 heteroatoms. The number of aromatic nitrogens is 1. The molecule has 0 saturated carbocycles. The summed E-state index contributed by atoms with van der Waals surface area (Å²) in [5, 5.41) is 15.1. The average Bonchev–Trinajstić information content (AvgIpc) is 2.80. The normalized spacial score (nSPS) is 18.3. The fourth-order valence-corrected chi connectivity index (χ4v) is 3.41. The molecule has 0 bridgehead atoms. The number of hydrogen-bond donors (Lipinski definition) is 2. The van der Waals surface area contributed by atoms with Gasteiger partial charge in [-0.25, -0.2) is 4.98 Å². The molecule has 0 spiro atoms. The van der Waals surface area contributed by atoms with E-state index in [-0.39, 0.29) is 0 Å². The van der Waals surface area contributed by atoms with Gasteiger partial charge in [-0.3, -0.25) is 0 Å². The molecule has 0 unspecified atom stereocenters. The molecule has 3 rings (SSSR count). The van der Waals surface area contributed by atoms with Gasteiger partial charge in [0, 0.05) is 31.7 Å². The molecule has 2 heterocycles. The van der Waals surface area contributed by atoms with Crippen LogP contribution in [-0.2, 0) is 0 Å². The molecule has 2 N–H and O–H groups in total. The molecule has 0 fully saturated rings. The monoisotopic (exact) mass is 378 g/mol. The van der Waals surface area contributed by atoms with Crippen LogP contribution in [0.5, 0.6) is 0 Å². The number of anilines is 2. The molecule has 1 aliphatic rings. The second-order valence-electron chi connectivity index (χ2n) is 8.50. The predicted octanol–water partition coefficient (Wildman–Crippen LogP) is 4.88.